The van der Waals surface area contributed by atoms with Gasteiger partial charge in [0.15, 0.2) is 5.16 Å². The number of carbonyl (C=O) groups is 1. The van der Waals surface area contributed by atoms with Gasteiger partial charge in [-0.3, -0.25) is 19.1 Å². The van der Waals surface area contributed by atoms with Gasteiger partial charge in [-0.25, -0.2) is 4.98 Å². The molecule has 32 heavy (non-hydrogen) atoms. The number of methoxy groups -OCH3 is 1. The van der Waals surface area contributed by atoms with Gasteiger partial charge in [-0.2, -0.15) is 0 Å². The summed E-state index contributed by atoms with van der Waals surface area (Å²) in [7, 11) is 1.54. The third-order valence-corrected chi connectivity index (χ3v) is 5.83. The van der Waals surface area contributed by atoms with E-state index < -0.39 is 0 Å². The van der Waals surface area contributed by atoms with Crippen molar-refractivity contribution in [3.63, 3.8) is 0 Å². The maximum Gasteiger partial charge on any atom is 0.266 e. The van der Waals surface area contributed by atoms with Crippen molar-refractivity contribution in [2.75, 3.05) is 12.9 Å². The van der Waals surface area contributed by atoms with Crippen LogP contribution in [-0.4, -0.2) is 33.3 Å². The van der Waals surface area contributed by atoms with Crippen molar-refractivity contribution in [3.8, 4) is 11.4 Å². The fourth-order valence-electron chi connectivity index (χ4n) is 3.14. The number of halogens is 1. The van der Waals surface area contributed by atoms with Gasteiger partial charge in [0.2, 0.25) is 5.91 Å². The minimum absolute atomic E-state index is 0.0699. The molecule has 0 saturated carbocycles. The lowest BCUT2D eigenvalue weighted by molar-refractivity contribution is -0.118. The van der Waals surface area contributed by atoms with E-state index in [-0.39, 0.29) is 17.2 Å². The van der Waals surface area contributed by atoms with E-state index in [9.17, 15) is 9.59 Å². The highest BCUT2D eigenvalue weighted by Gasteiger charge is 2.17. The van der Waals surface area contributed by atoms with E-state index in [1.54, 1.807) is 36.5 Å². The average molecular weight is 467 g/mol. The number of benzene rings is 2. The van der Waals surface area contributed by atoms with E-state index in [4.69, 9.17) is 16.3 Å². The smallest absolute Gasteiger partial charge is 0.266 e. The van der Waals surface area contributed by atoms with Crippen molar-refractivity contribution < 1.29 is 9.53 Å². The fraction of sp³-hybridized carbons (Fsp3) is 0.130. The zero-order valence-corrected chi connectivity index (χ0v) is 18.7. The van der Waals surface area contributed by atoms with Gasteiger partial charge >= 0.3 is 0 Å². The molecule has 0 fully saturated rings. The van der Waals surface area contributed by atoms with E-state index in [1.165, 1.54) is 11.7 Å². The molecule has 2 heterocycles. The van der Waals surface area contributed by atoms with E-state index in [2.05, 4.69) is 15.3 Å². The Morgan fingerprint density at radius 2 is 1.97 bits per heavy atom. The molecule has 2 aromatic heterocycles. The Labute approximate surface area is 193 Å². The van der Waals surface area contributed by atoms with Crippen molar-refractivity contribution in [1.29, 1.82) is 0 Å². The maximum atomic E-state index is 13.4. The van der Waals surface area contributed by atoms with Crippen LogP contribution < -0.4 is 15.6 Å². The first-order valence-electron chi connectivity index (χ1n) is 9.72. The number of para-hydroxylation sites is 2. The Kier molecular flexibility index (Phi) is 6.72. The van der Waals surface area contributed by atoms with Gasteiger partial charge in [0.05, 0.1) is 41.7 Å². The first kappa shape index (κ1) is 21.9. The summed E-state index contributed by atoms with van der Waals surface area (Å²) in [5.74, 6) is 0.388. The number of aromatic nitrogens is 3. The van der Waals surface area contributed by atoms with Gasteiger partial charge in [-0.05, 0) is 42.5 Å². The van der Waals surface area contributed by atoms with Gasteiger partial charge in [-0.1, -0.05) is 41.6 Å². The summed E-state index contributed by atoms with van der Waals surface area (Å²) >= 11 is 7.27. The summed E-state index contributed by atoms with van der Waals surface area (Å²) in [5.41, 5.74) is 1.49. The number of amides is 1. The van der Waals surface area contributed by atoms with Crippen molar-refractivity contribution in [3.05, 3.63) is 87.9 Å². The van der Waals surface area contributed by atoms with Gasteiger partial charge in [0, 0.05) is 11.2 Å². The maximum absolute atomic E-state index is 13.4. The zero-order valence-electron chi connectivity index (χ0n) is 17.1. The molecule has 0 aliphatic rings. The van der Waals surface area contributed by atoms with Crippen LogP contribution in [0.25, 0.3) is 16.6 Å². The highest BCUT2D eigenvalue weighted by molar-refractivity contribution is 7.99. The highest BCUT2D eigenvalue weighted by atomic mass is 35.5. The Bertz CT molecular complexity index is 1330. The first-order valence-corrected chi connectivity index (χ1v) is 11.1. The molecule has 2 aromatic carbocycles. The molecule has 0 bridgehead atoms. The molecule has 7 nitrogen and oxygen atoms in total. The molecular weight excluding hydrogens is 448 g/mol. The molecule has 4 aromatic rings. The summed E-state index contributed by atoms with van der Waals surface area (Å²) < 4.78 is 6.91. The van der Waals surface area contributed by atoms with Crippen molar-refractivity contribution in [2.24, 2.45) is 0 Å². The topological polar surface area (TPSA) is 86.1 Å². The Hall–Kier alpha value is -3.36. The fourth-order valence-corrected chi connectivity index (χ4v) is 4.14. The number of nitrogens with zero attached hydrogens (tertiary/aromatic N) is 3. The lowest BCUT2D eigenvalue weighted by Crippen LogP contribution is -2.26. The molecule has 4 rings (SSSR count). The second kappa shape index (κ2) is 9.84. The third kappa shape index (κ3) is 4.76. The number of fused-ring (bicyclic) bond motifs is 1. The van der Waals surface area contributed by atoms with Crippen molar-refractivity contribution in [1.82, 2.24) is 19.9 Å². The summed E-state index contributed by atoms with van der Waals surface area (Å²) in [5, 5.41) is 4.09. The number of hydrogen-bond acceptors (Lipinski definition) is 6. The number of hydrogen-bond donors (Lipinski definition) is 1. The normalized spacial score (nSPS) is 10.8. The van der Waals surface area contributed by atoms with Crippen LogP contribution in [0.4, 0.5) is 0 Å². The molecule has 0 aliphatic heterocycles. The first-order chi connectivity index (χ1) is 15.6. The second-order valence-electron chi connectivity index (χ2n) is 6.75. The number of rotatable bonds is 7. The van der Waals surface area contributed by atoms with Crippen LogP contribution in [0.2, 0.25) is 5.02 Å². The van der Waals surface area contributed by atoms with Crippen LogP contribution in [0.15, 0.2) is 76.8 Å². The minimum Gasteiger partial charge on any atom is -0.495 e. The lowest BCUT2D eigenvalue weighted by Gasteiger charge is -2.15. The monoisotopic (exact) mass is 466 g/mol. The van der Waals surface area contributed by atoms with Gasteiger partial charge in [0.1, 0.15) is 5.75 Å². The number of pyridine rings is 1. The van der Waals surface area contributed by atoms with E-state index in [0.29, 0.717) is 39.1 Å². The summed E-state index contributed by atoms with van der Waals surface area (Å²) in [4.78, 5) is 34.7. The number of thioether (sulfide) groups is 1. The third-order valence-electron chi connectivity index (χ3n) is 4.65. The molecule has 1 amide bonds. The van der Waals surface area contributed by atoms with Crippen LogP contribution in [0.5, 0.6) is 5.75 Å². The average Bonchev–Trinajstić information content (AvgIpc) is 2.82. The molecule has 0 spiro atoms. The summed E-state index contributed by atoms with van der Waals surface area (Å²) in [6, 6.07) is 17.6. The minimum atomic E-state index is -0.271. The molecule has 9 heteroatoms. The number of carbonyl (C=O) groups excluding carboxylic acids is 1. The van der Waals surface area contributed by atoms with Crippen LogP contribution in [0.1, 0.15) is 5.69 Å². The Morgan fingerprint density at radius 3 is 2.75 bits per heavy atom. The van der Waals surface area contributed by atoms with Gasteiger partial charge < -0.3 is 10.1 Å². The van der Waals surface area contributed by atoms with Crippen LogP contribution in [0.3, 0.4) is 0 Å². The quantitative estimate of drug-likeness (QED) is 0.329. The van der Waals surface area contributed by atoms with E-state index >= 15 is 0 Å². The molecule has 1 N–H and O–H groups in total. The highest BCUT2D eigenvalue weighted by Crippen LogP contribution is 2.27. The molecule has 0 atom stereocenters. The predicted octanol–water partition coefficient (Wildman–Crippen LogP) is 3.85. The zero-order chi connectivity index (χ0) is 22.5. The largest absolute Gasteiger partial charge is 0.495 e. The molecular formula is C23H19ClN4O3S. The summed E-state index contributed by atoms with van der Waals surface area (Å²) in [6.45, 7) is 0.320. The van der Waals surface area contributed by atoms with Gasteiger partial charge in [-0.15, -0.1) is 0 Å². The van der Waals surface area contributed by atoms with E-state index in [0.717, 1.165) is 17.5 Å². The second-order valence-corrected chi connectivity index (χ2v) is 8.13. The number of ether oxygens (including phenoxy) is 1. The molecule has 162 valence electrons. The molecule has 0 unspecified atom stereocenters. The van der Waals surface area contributed by atoms with Gasteiger partial charge in [0.25, 0.3) is 5.56 Å². The Morgan fingerprint density at radius 1 is 1.16 bits per heavy atom. The predicted molar refractivity (Wildman–Crippen MR) is 126 cm³/mol. The Balaban J connectivity index is 1.67. The van der Waals surface area contributed by atoms with Crippen molar-refractivity contribution >= 4 is 40.2 Å². The molecule has 0 aliphatic carbocycles. The number of nitrogens with one attached hydrogen (secondary N) is 1. The molecule has 0 radical (unpaired) electrons. The van der Waals surface area contributed by atoms with Crippen LogP contribution in [0, 0.1) is 0 Å². The lowest BCUT2D eigenvalue weighted by atomic mass is 10.2. The SMILES string of the molecule is COc1ccccc1-n1c(SCC(=O)NCc2ccccn2)nc2cc(Cl)ccc2c1=O. The van der Waals surface area contributed by atoms with Crippen molar-refractivity contribution in [2.45, 2.75) is 11.7 Å². The van der Waals surface area contributed by atoms with E-state index in [1.807, 2.05) is 30.3 Å². The molecule has 0 saturated heterocycles. The standard InChI is InChI=1S/C23H19ClN4O3S/c1-31-20-8-3-2-7-19(20)28-22(30)17-10-9-15(24)12-18(17)27-23(28)32-14-21(29)26-13-16-6-4-5-11-25-16/h2-12H,13-14H2,1H3,(H,26,29). The summed E-state index contributed by atoms with van der Waals surface area (Å²) in [6.07, 6.45) is 1.67. The van der Waals surface area contributed by atoms with Crippen LogP contribution >= 0.6 is 23.4 Å². The van der Waals surface area contributed by atoms with Crippen LogP contribution in [-0.2, 0) is 11.3 Å².